The van der Waals surface area contributed by atoms with Crippen LogP contribution in [-0.2, 0) is 17.8 Å². The summed E-state index contributed by atoms with van der Waals surface area (Å²) >= 11 is 6.24. The quantitative estimate of drug-likeness (QED) is 0.642. The van der Waals surface area contributed by atoms with Crippen LogP contribution < -0.4 is 5.56 Å². The summed E-state index contributed by atoms with van der Waals surface area (Å²) in [4.78, 5) is 29.2. The number of hydrogen-bond donors (Lipinski definition) is 0. The Morgan fingerprint density at radius 3 is 2.55 bits per heavy atom. The van der Waals surface area contributed by atoms with Crippen molar-refractivity contribution < 1.29 is 4.79 Å². The van der Waals surface area contributed by atoms with Crippen molar-refractivity contribution in [1.29, 1.82) is 0 Å². The number of fused-ring (bicyclic) bond motifs is 1. The third-order valence-electron chi connectivity index (χ3n) is 5.23. The van der Waals surface area contributed by atoms with E-state index in [0.717, 1.165) is 30.2 Å². The lowest BCUT2D eigenvalue weighted by Gasteiger charge is -2.35. The highest BCUT2D eigenvalue weighted by Crippen LogP contribution is 2.18. The number of hydrogen-bond acceptors (Lipinski definition) is 5. The lowest BCUT2D eigenvalue weighted by molar-refractivity contribution is -0.133. The topological polar surface area (TPSA) is 70.8 Å². The summed E-state index contributed by atoms with van der Waals surface area (Å²) < 4.78 is 1.46. The Balaban J connectivity index is 1.31. The first-order chi connectivity index (χ1) is 14.1. The first kappa shape index (κ1) is 19.5. The number of aryl methyl sites for hydroxylation is 1. The van der Waals surface area contributed by atoms with Crippen LogP contribution in [0.1, 0.15) is 17.7 Å². The number of benzene rings is 1. The zero-order chi connectivity index (χ0) is 20.2. The van der Waals surface area contributed by atoms with Crippen molar-refractivity contribution >= 4 is 23.2 Å². The van der Waals surface area contributed by atoms with Crippen LogP contribution >= 0.6 is 11.6 Å². The Kier molecular flexibility index (Phi) is 5.87. The summed E-state index contributed by atoms with van der Waals surface area (Å²) in [7, 11) is 0. The third-order valence-corrected chi connectivity index (χ3v) is 5.60. The molecule has 1 aromatic carbocycles. The molecule has 8 heteroatoms. The molecule has 1 aliphatic heterocycles. The highest BCUT2D eigenvalue weighted by molar-refractivity contribution is 6.31. The van der Waals surface area contributed by atoms with Gasteiger partial charge in [0.25, 0.3) is 5.56 Å². The molecule has 0 radical (unpaired) electrons. The molecule has 0 atom stereocenters. The second kappa shape index (κ2) is 8.71. The summed E-state index contributed by atoms with van der Waals surface area (Å²) in [6.07, 6.45) is 2.21. The van der Waals surface area contributed by atoms with E-state index in [0.29, 0.717) is 30.9 Å². The van der Waals surface area contributed by atoms with E-state index in [1.54, 1.807) is 24.4 Å². The summed E-state index contributed by atoms with van der Waals surface area (Å²) in [5, 5.41) is 8.85. The summed E-state index contributed by atoms with van der Waals surface area (Å²) in [5.41, 5.74) is 1.71. The molecule has 0 aliphatic carbocycles. The van der Waals surface area contributed by atoms with Crippen LogP contribution in [0, 0.1) is 0 Å². The minimum Gasteiger partial charge on any atom is -0.340 e. The fourth-order valence-electron chi connectivity index (χ4n) is 3.54. The van der Waals surface area contributed by atoms with Gasteiger partial charge in [0.1, 0.15) is 5.69 Å². The molecule has 1 fully saturated rings. The Bertz CT molecular complexity index is 1080. The maximum atomic E-state index is 12.6. The molecule has 3 heterocycles. The molecule has 4 rings (SSSR count). The molecular formula is C21H22ClN5O2. The largest absolute Gasteiger partial charge is 0.340 e. The van der Waals surface area contributed by atoms with Crippen LogP contribution in [0.15, 0.2) is 53.5 Å². The van der Waals surface area contributed by atoms with Crippen molar-refractivity contribution in [2.75, 3.05) is 26.2 Å². The predicted molar refractivity (Wildman–Crippen MR) is 111 cm³/mol. The average Bonchev–Trinajstić information content (AvgIpc) is 2.75. The summed E-state index contributed by atoms with van der Waals surface area (Å²) in [5.74, 6) is 0.0433. The molecule has 3 aromatic rings. The van der Waals surface area contributed by atoms with Gasteiger partial charge in [-0.05, 0) is 23.8 Å². The average molecular weight is 412 g/mol. The second-order valence-electron chi connectivity index (χ2n) is 7.13. The predicted octanol–water partition coefficient (Wildman–Crippen LogP) is 2.02. The number of piperazine rings is 1. The highest BCUT2D eigenvalue weighted by atomic mass is 35.5. The van der Waals surface area contributed by atoms with Gasteiger partial charge in [-0.2, -0.15) is 0 Å². The first-order valence-electron chi connectivity index (χ1n) is 9.68. The van der Waals surface area contributed by atoms with Crippen molar-refractivity contribution in [1.82, 2.24) is 24.4 Å². The van der Waals surface area contributed by atoms with E-state index < -0.39 is 0 Å². The van der Waals surface area contributed by atoms with Crippen LogP contribution in [0.25, 0.3) is 5.65 Å². The lowest BCUT2D eigenvalue weighted by Crippen LogP contribution is -2.48. The van der Waals surface area contributed by atoms with Crippen molar-refractivity contribution in [3.8, 4) is 0 Å². The highest BCUT2D eigenvalue weighted by Gasteiger charge is 2.22. The van der Waals surface area contributed by atoms with Crippen LogP contribution in [0.2, 0.25) is 5.02 Å². The van der Waals surface area contributed by atoms with Crippen molar-refractivity contribution in [2.24, 2.45) is 0 Å². The Morgan fingerprint density at radius 1 is 1.00 bits per heavy atom. The van der Waals surface area contributed by atoms with E-state index in [1.165, 1.54) is 4.40 Å². The molecule has 2 aromatic heterocycles. The van der Waals surface area contributed by atoms with Crippen LogP contribution in [0.4, 0.5) is 0 Å². The molecule has 150 valence electrons. The standard InChI is InChI=1S/C21H22ClN5O2/c22-17-6-2-1-5-16(17)15-25-11-13-26(14-12-25)20(28)9-8-18-21(29)27-10-4-3-7-19(27)24-23-18/h1-7,10H,8-9,11-15H2. The normalized spacial score (nSPS) is 15.0. The SMILES string of the molecule is O=C(CCc1nnc2ccccn2c1=O)N1CCN(Cc2ccccc2Cl)CC1. The van der Waals surface area contributed by atoms with Crippen LogP contribution in [0.3, 0.4) is 0 Å². The number of halogens is 1. The number of amides is 1. The van der Waals surface area contributed by atoms with E-state index in [2.05, 4.69) is 15.1 Å². The first-order valence-corrected chi connectivity index (χ1v) is 10.1. The molecule has 0 bridgehead atoms. The van der Waals surface area contributed by atoms with Gasteiger partial charge < -0.3 is 4.90 Å². The maximum Gasteiger partial charge on any atom is 0.279 e. The van der Waals surface area contributed by atoms with Gasteiger partial charge in [-0.1, -0.05) is 35.9 Å². The van der Waals surface area contributed by atoms with E-state index >= 15 is 0 Å². The minimum absolute atomic E-state index is 0.0433. The van der Waals surface area contributed by atoms with E-state index in [-0.39, 0.29) is 17.9 Å². The number of aromatic nitrogens is 3. The zero-order valence-electron chi connectivity index (χ0n) is 16.0. The van der Waals surface area contributed by atoms with Crippen molar-refractivity contribution in [3.63, 3.8) is 0 Å². The zero-order valence-corrected chi connectivity index (χ0v) is 16.8. The molecule has 0 saturated carbocycles. The maximum absolute atomic E-state index is 12.6. The van der Waals surface area contributed by atoms with E-state index in [4.69, 9.17) is 11.6 Å². The smallest absolute Gasteiger partial charge is 0.279 e. The number of nitrogens with zero attached hydrogens (tertiary/aromatic N) is 5. The van der Waals surface area contributed by atoms with Gasteiger partial charge in [0.2, 0.25) is 5.91 Å². The summed E-state index contributed by atoms with van der Waals surface area (Å²) in [6.45, 7) is 3.73. The molecule has 0 N–H and O–H groups in total. The number of carbonyl (C=O) groups is 1. The Hall–Kier alpha value is -2.77. The molecule has 0 spiro atoms. The van der Waals surface area contributed by atoms with Gasteiger partial charge in [0.05, 0.1) is 0 Å². The molecule has 1 amide bonds. The molecule has 1 saturated heterocycles. The van der Waals surface area contributed by atoms with Crippen LogP contribution in [-0.4, -0.2) is 56.5 Å². The fourth-order valence-corrected chi connectivity index (χ4v) is 3.74. The van der Waals surface area contributed by atoms with E-state index in [9.17, 15) is 9.59 Å². The number of rotatable bonds is 5. The van der Waals surface area contributed by atoms with Crippen molar-refractivity contribution in [2.45, 2.75) is 19.4 Å². The monoisotopic (exact) mass is 411 g/mol. The number of pyridine rings is 1. The van der Waals surface area contributed by atoms with Gasteiger partial charge >= 0.3 is 0 Å². The van der Waals surface area contributed by atoms with Gasteiger partial charge in [0.15, 0.2) is 5.65 Å². The van der Waals surface area contributed by atoms with Crippen LogP contribution in [0.5, 0.6) is 0 Å². The van der Waals surface area contributed by atoms with Crippen molar-refractivity contribution in [3.05, 3.63) is 75.3 Å². The molecule has 29 heavy (non-hydrogen) atoms. The molecule has 7 nitrogen and oxygen atoms in total. The Morgan fingerprint density at radius 2 is 1.76 bits per heavy atom. The van der Waals surface area contributed by atoms with E-state index in [1.807, 2.05) is 29.2 Å². The fraction of sp³-hybridized carbons (Fsp3) is 0.333. The lowest BCUT2D eigenvalue weighted by atomic mass is 10.1. The third kappa shape index (κ3) is 4.46. The molecule has 1 aliphatic rings. The van der Waals surface area contributed by atoms with Gasteiger partial charge in [-0.15, -0.1) is 10.2 Å². The second-order valence-corrected chi connectivity index (χ2v) is 7.54. The Labute approximate surface area is 173 Å². The van der Waals surface area contributed by atoms with Gasteiger partial charge in [-0.3, -0.25) is 18.9 Å². The van der Waals surface area contributed by atoms with Gasteiger partial charge in [-0.25, -0.2) is 0 Å². The number of carbonyl (C=O) groups excluding carboxylic acids is 1. The van der Waals surface area contributed by atoms with Gasteiger partial charge in [0, 0.05) is 56.8 Å². The molecule has 0 unspecified atom stereocenters. The molecular weight excluding hydrogens is 390 g/mol. The minimum atomic E-state index is -0.215. The summed E-state index contributed by atoms with van der Waals surface area (Å²) in [6, 6.07) is 13.1.